The standard InChI is InChI=1S/C13H16N2O2/c1-4-17-13(16)12-9(2)14-15(3)11-8-6-5-7-10(11)12/h5-8,12H,4H2,1-3H3. The first-order chi connectivity index (χ1) is 8.15. The van der Waals surface area contributed by atoms with E-state index in [4.69, 9.17) is 4.74 Å². The maximum Gasteiger partial charge on any atom is 0.319 e. The van der Waals surface area contributed by atoms with Crippen molar-refractivity contribution >= 4 is 17.4 Å². The van der Waals surface area contributed by atoms with Crippen LogP contribution in [0.4, 0.5) is 5.69 Å². The number of fused-ring (bicyclic) bond motifs is 1. The Morgan fingerprint density at radius 3 is 2.88 bits per heavy atom. The molecule has 0 N–H and O–H groups in total. The molecule has 4 heteroatoms. The molecule has 1 aliphatic heterocycles. The van der Waals surface area contributed by atoms with Crippen LogP contribution < -0.4 is 5.01 Å². The molecule has 2 rings (SSSR count). The fraction of sp³-hybridized carbons (Fsp3) is 0.385. The van der Waals surface area contributed by atoms with Crippen molar-refractivity contribution in [2.75, 3.05) is 18.7 Å². The highest BCUT2D eigenvalue weighted by Gasteiger charge is 2.31. The van der Waals surface area contributed by atoms with Crippen molar-refractivity contribution < 1.29 is 9.53 Å². The monoisotopic (exact) mass is 232 g/mol. The van der Waals surface area contributed by atoms with Crippen LogP contribution in [-0.4, -0.2) is 25.3 Å². The van der Waals surface area contributed by atoms with E-state index in [0.717, 1.165) is 17.0 Å². The lowest BCUT2D eigenvalue weighted by Gasteiger charge is -2.28. The number of hydrazone groups is 1. The molecular formula is C13H16N2O2. The Labute approximate surface area is 101 Å². The van der Waals surface area contributed by atoms with E-state index in [1.165, 1.54) is 0 Å². The van der Waals surface area contributed by atoms with Gasteiger partial charge < -0.3 is 4.74 Å². The molecule has 0 saturated carbocycles. The molecule has 1 heterocycles. The Bertz CT molecular complexity index is 468. The van der Waals surface area contributed by atoms with Crippen LogP contribution in [0.3, 0.4) is 0 Å². The molecule has 17 heavy (non-hydrogen) atoms. The van der Waals surface area contributed by atoms with Crippen LogP contribution in [0.2, 0.25) is 0 Å². The lowest BCUT2D eigenvalue weighted by atomic mass is 9.92. The number of ether oxygens (including phenoxy) is 1. The normalized spacial score (nSPS) is 18.4. The van der Waals surface area contributed by atoms with Gasteiger partial charge in [0.25, 0.3) is 0 Å². The average molecular weight is 232 g/mol. The Morgan fingerprint density at radius 2 is 2.18 bits per heavy atom. The average Bonchev–Trinajstić information content (AvgIpc) is 2.29. The Morgan fingerprint density at radius 1 is 1.47 bits per heavy atom. The summed E-state index contributed by atoms with van der Waals surface area (Å²) in [5, 5.41) is 6.15. The van der Waals surface area contributed by atoms with E-state index in [-0.39, 0.29) is 11.9 Å². The van der Waals surface area contributed by atoms with Gasteiger partial charge in [-0.15, -0.1) is 0 Å². The van der Waals surface area contributed by atoms with Crippen LogP contribution in [-0.2, 0) is 9.53 Å². The predicted molar refractivity (Wildman–Crippen MR) is 67.3 cm³/mol. The summed E-state index contributed by atoms with van der Waals surface area (Å²) >= 11 is 0. The number of nitrogens with zero attached hydrogens (tertiary/aromatic N) is 2. The highest BCUT2D eigenvalue weighted by atomic mass is 16.5. The van der Waals surface area contributed by atoms with Gasteiger partial charge in [0.15, 0.2) is 0 Å². The molecule has 90 valence electrons. The summed E-state index contributed by atoms with van der Waals surface area (Å²) in [4.78, 5) is 12.0. The van der Waals surface area contributed by atoms with Crippen LogP contribution in [0, 0.1) is 0 Å². The molecule has 1 atom stereocenters. The first-order valence-corrected chi connectivity index (χ1v) is 5.69. The molecule has 0 amide bonds. The van der Waals surface area contributed by atoms with Crippen molar-refractivity contribution in [1.82, 2.24) is 0 Å². The van der Waals surface area contributed by atoms with Gasteiger partial charge in [-0.3, -0.25) is 9.80 Å². The van der Waals surface area contributed by atoms with Gasteiger partial charge >= 0.3 is 5.97 Å². The molecule has 4 nitrogen and oxygen atoms in total. The topological polar surface area (TPSA) is 41.9 Å². The van der Waals surface area contributed by atoms with E-state index < -0.39 is 0 Å². The van der Waals surface area contributed by atoms with E-state index in [9.17, 15) is 4.79 Å². The Balaban J connectivity index is 2.44. The van der Waals surface area contributed by atoms with Crippen molar-refractivity contribution in [2.45, 2.75) is 19.8 Å². The predicted octanol–water partition coefficient (Wildman–Crippen LogP) is 2.16. The zero-order valence-corrected chi connectivity index (χ0v) is 10.3. The SMILES string of the molecule is CCOC(=O)C1C(C)=NN(C)c2ccccc21. The van der Waals surface area contributed by atoms with Gasteiger partial charge in [0.2, 0.25) is 0 Å². The van der Waals surface area contributed by atoms with Crippen molar-refractivity contribution in [1.29, 1.82) is 0 Å². The first-order valence-electron chi connectivity index (χ1n) is 5.69. The second-order valence-corrected chi connectivity index (χ2v) is 4.01. The molecule has 1 unspecified atom stereocenters. The minimum absolute atomic E-state index is 0.227. The van der Waals surface area contributed by atoms with Gasteiger partial charge in [-0.05, 0) is 25.5 Å². The number of anilines is 1. The number of carbonyl (C=O) groups is 1. The number of esters is 1. The molecule has 0 saturated heterocycles. The number of benzene rings is 1. The zero-order valence-electron chi connectivity index (χ0n) is 10.3. The number of carbonyl (C=O) groups excluding carboxylic acids is 1. The zero-order chi connectivity index (χ0) is 12.4. The number of rotatable bonds is 2. The van der Waals surface area contributed by atoms with Gasteiger partial charge in [-0.1, -0.05) is 18.2 Å². The van der Waals surface area contributed by atoms with E-state index in [0.29, 0.717) is 6.61 Å². The van der Waals surface area contributed by atoms with Gasteiger partial charge in [-0.25, -0.2) is 0 Å². The van der Waals surface area contributed by atoms with Crippen LogP contribution in [0.5, 0.6) is 0 Å². The fourth-order valence-electron chi connectivity index (χ4n) is 2.12. The van der Waals surface area contributed by atoms with E-state index in [2.05, 4.69) is 5.10 Å². The summed E-state index contributed by atoms with van der Waals surface area (Å²) in [7, 11) is 1.88. The summed E-state index contributed by atoms with van der Waals surface area (Å²) in [6.45, 7) is 4.06. The third-order valence-corrected chi connectivity index (χ3v) is 2.84. The molecule has 0 aliphatic carbocycles. The Kier molecular flexibility index (Phi) is 3.13. The van der Waals surface area contributed by atoms with Gasteiger partial charge in [0, 0.05) is 7.05 Å². The first kappa shape index (κ1) is 11.6. The second kappa shape index (κ2) is 4.57. The lowest BCUT2D eigenvalue weighted by Crippen LogP contribution is -2.30. The summed E-state index contributed by atoms with van der Waals surface area (Å²) < 4.78 is 5.11. The number of hydrogen-bond donors (Lipinski definition) is 0. The maximum absolute atomic E-state index is 12.0. The highest BCUT2D eigenvalue weighted by Crippen LogP contribution is 2.33. The molecule has 1 aliphatic rings. The number of hydrogen-bond acceptors (Lipinski definition) is 4. The van der Waals surface area contributed by atoms with Gasteiger partial charge in [-0.2, -0.15) is 5.10 Å². The third-order valence-electron chi connectivity index (χ3n) is 2.84. The number of para-hydroxylation sites is 1. The summed E-state index contributed by atoms with van der Waals surface area (Å²) in [5.41, 5.74) is 2.68. The maximum atomic E-state index is 12.0. The largest absolute Gasteiger partial charge is 0.465 e. The Hall–Kier alpha value is -1.84. The van der Waals surface area contributed by atoms with Crippen molar-refractivity contribution in [3.63, 3.8) is 0 Å². The molecule has 0 spiro atoms. The van der Waals surface area contributed by atoms with Crippen LogP contribution in [0.1, 0.15) is 25.3 Å². The van der Waals surface area contributed by atoms with Crippen LogP contribution >= 0.6 is 0 Å². The smallest absolute Gasteiger partial charge is 0.319 e. The molecule has 1 aromatic rings. The van der Waals surface area contributed by atoms with Crippen molar-refractivity contribution in [3.05, 3.63) is 29.8 Å². The molecular weight excluding hydrogens is 216 g/mol. The minimum Gasteiger partial charge on any atom is -0.465 e. The summed E-state index contributed by atoms with van der Waals surface area (Å²) in [5.74, 6) is -0.600. The summed E-state index contributed by atoms with van der Waals surface area (Å²) in [6, 6.07) is 7.77. The van der Waals surface area contributed by atoms with Crippen LogP contribution in [0.25, 0.3) is 0 Å². The van der Waals surface area contributed by atoms with Crippen molar-refractivity contribution in [2.24, 2.45) is 5.10 Å². The lowest BCUT2D eigenvalue weighted by molar-refractivity contribution is -0.143. The second-order valence-electron chi connectivity index (χ2n) is 4.01. The van der Waals surface area contributed by atoms with Gasteiger partial charge in [0.05, 0.1) is 18.0 Å². The van der Waals surface area contributed by atoms with E-state index in [1.54, 1.807) is 5.01 Å². The highest BCUT2D eigenvalue weighted by molar-refractivity contribution is 6.08. The quantitative estimate of drug-likeness (QED) is 0.734. The molecule has 0 aromatic heterocycles. The van der Waals surface area contributed by atoms with Crippen LogP contribution in [0.15, 0.2) is 29.4 Å². The molecule has 1 aromatic carbocycles. The van der Waals surface area contributed by atoms with E-state index in [1.807, 2.05) is 45.2 Å². The minimum atomic E-state index is -0.373. The summed E-state index contributed by atoms with van der Waals surface area (Å²) in [6.07, 6.45) is 0. The van der Waals surface area contributed by atoms with Gasteiger partial charge in [0.1, 0.15) is 5.92 Å². The molecule has 0 radical (unpaired) electrons. The van der Waals surface area contributed by atoms with Crippen molar-refractivity contribution in [3.8, 4) is 0 Å². The fourth-order valence-corrected chi connectivity index (χ4v) is 2.12. The third kappa shape index (κ3) is 2.02. The van der Waals surface area contributed by atoms with E-state index >= 15 is 0 Å². The molecule has 0 fully saturated rings. The molecule has 0 bridgehead atoms.